The second kappa shape index (κ2) is 9.18. The molecule has 7 heteroatoms. The lowest BCUT2D eigenvalue weighted by Gasteiger charge is -2.28. The van der Waals surface area contributed by atoms with Crippen molar-refractivity contribution in [1.82, 2.24) is 9.80 Å². The van der Waals surface area contributed by atoms with E-state index in [4.69, 9.17) is 11.1 Å². The number of nitrogens with zero attached hydrogens (tertiary/aromatic N) is 2. The van der Waals surface area contributed by atoms with E-state index in [1.807, 2.05) is 6.92 Å². The Bertz CT molecular complexity index is 277. The molecule has 0 amide bonds. The summed E-state index contributed by atoms with van der Waals surface area (Å²) in [5.74, 6) is -2.67. The third kappa shape index (κ3) is 7.09. The Morgan fingerprint density at radius 2 is 1.50 bits per heavy atom. The van der Waals surface area contributed by atoms with Gasteiger partial charge in [0.15, 0.2) is 0 Å². The Hall–Kier alpha value is -0.820. The number of halogens is 3. The van der Waals surface area contributed by atoms with Crippen LogP contribution in [0, 0.1) is 11.3 Å². The van der Waals surface area contributed by atoms with Crippen LogP contribution >= 0.6 is 0 Å². The average molecular weight is 296 g/mol. The van der Waals surface area contributed by atoms with Crippen LogP contribution < -0.4 is 5.73 Å². The third-order valence-electron chi connectivity index (χ3n) is 3.50. The molecule has 1 unspecified atom stereocenters. The van der Waals surface area contributed by atoms with Gasteiger partial charge in [-0.3, -0.25) is 5.41 Å². The van der Waals surface area contributed by atoms with Crippen molar-refractivity contribution in [3.63, 3.8) is 0 Å². The first-order valence-electron chi connectivity index (χ1n) is 7.11. The van der Waals surface area contributed by atoms with E-state index in [0.717, 1.165) is 26.1 Å². The maximum Gasteiger partial charge on any atom is 0.399 e. The zero-order valence-electron chi connectivity index (χ0n) is 12.6. The van der Waals surface area contributed by atoms with Crippen molar-refractivity contribution in [2.75, 3.05) is 39.3 Å². The van der Waals surface area contributed by atoms with Gasteiger partial charge in [-0.1, -0.05) is 20.8 Å². The first-order chi connectivity index (χ1) is 9.26. The molecule has 0 aliphatic carbocycles. The predicted molar refractivity (Wildman–Crippen MR) is 76.0 cm³/mol. The molecule has 0 aliphatic rings. The van der Waals surface area contributed by atoms with Crippen LogP contribution in [-0.2, 0) is 0 Å². The zero-order chi connectivity index (χ0) is 15.8. The van der Waals surface area contributed by atoms with Crippen molar-refractivity contribution in [3.05, 3.63) is 0 Å². The van der Waals surface area contributed by atoms with Crippen LogP contribution in [0.3, 0.4) is 0 Å². The van der Waals surface area contributed by atoms with Crippen molar-refractivity contribution in [2.24, 2.45) is 11.7 Å². The quantitative estimate of drug-likeness (QED) is 0.480. The molecule has 1 atom stereocenters. The van der Waals surface area contributed by atoms with Gasteiger partial charge in [-0.15, -0.1) is 0 Å². The van der Waals surface area contributed by atoms with Crippen molar-refractivity contribution in [1.29, 1.82) is 5.41 Å². The lowest BCUT2D eigenvalue weighted by Crippen LogP contribution is -2.44. The molecule has 0 fully saturated rings. The summed E-state index contributed by atoms with van der Waals surface area (Å²) in [5, 5.41) is 7.10. The average Bonchev–Trinajstić information content (AvgIpc) is 2.36. The summed E-state index contributed by atoms with van der Waals surface area (Å²) in [6.07, 6.45) is -3.63. The highest BCUT2D eigenvalue weighted by atomic mass is 19.4. The van der Waals surface area contributed by atoms with E-state index in [1.54, 1.807) is 4.90 Å². The van der Waals surface area contributed by atoms with Gasteiger partial charge in [-0.2, -0.15) is 13.2 Å². The van der Waals surface area contributed by atoms with Crippen molar-refractivity contribution in [2.45, 2.75) is 33.4 Å². The lowest BCUT2D eigenvalue weighted by molar-refractivity contribution is -0.159. The Labute approximate surface area is 119 Å². The number of nitrogens with one attached hydrogen (secondary N) is 1. The lowest BCUT2D eigenvalue weighted by atomic mass is 10.1. The summed E-state index contributed by atoms with van der Waals surface area (Å²) in [6, 6.07) is 0. The number of hydrogen-bond acceptors (Lipinski definition) is 3. The summed E-state index contributed by atoms with van der Waals surface area (Å²) in [7, 11) is 0. The summed E-state index contributed by atoms with van der Waals surface area (Å²) < 4.78 is 38.3. The van der Waals surface area contributed by atoms with Crippen LogP contribution in [0.25, 0.3) is 0 Å². The first-order valence-corrected chi connectivity index (χ1v) is 7.11. The number of amidine groups is 1. The summed E-state index contributed by atoms with van der Waals surface area (Å²) >= 11 is 0. The van der Waals surface area contributed by atoms with E-state index < -0.39 is 17.9 Å². The monoisotopic (exact) mass is 296 g/mol. The Kier molecular flexibility index (Phi) is 8.80. The molecule has 0 saturated carbocycles. The van der Waals surface area contributed by atoms with Gasteiger partial charge in [0.25, 0.3) is 0 Å². The van der Waals surface area contributed by atoms with E-state index in [2.05, 4.69) is 18.7 Å². The molecule has 0 saturated heterocycles. The predicted octanol–water partition coefficient (Wildman–Crippen LogP) is 2.15. The van der Waals surface area contributed by atoms with Gasteiger partial charge in [-0.05, 0) is 39.1 Å². The number of nitrogens with two attached hydrogens (primary N) is 1. The van der Waals surface area contributed by atoms with Crippen molar-refractivity contribution in [3.8, 4) is 0 Å². The summed E-state index contributed by atoms with van der Waals surface area (Å²) in [5.41, 5.74) is 5.07. The number of rotatable bonds is 10. The highest BCUT2D eigenvalue weighted by Gasteiger charge is 2.42. The van der Waals surface area contributed by atoms with E-state index >= 15 is 0 Å². The van der Waals surface area contributed by atoms with Crippen LogP contribution in [-0.4, -0.2) is 61.1 Å². The summed E-state index contributed by atoms with van der Waals surface area (Å²) in [6.45, 7) is 9.61. The van der Waals surface area contributed by atoms with Crippen molar-refractivity contribution < 1.29 is 13.2 Å². The molecule has 0 rings (SSSR count). The fourth-order valence-electron chi connectivity index (χ4n) is 2.07. The van der Waals surface area contributed by atoms with Gasteiger partial charge in [0.05, 0.1) is 0 Å². The Balaban J connectivity index is 4.35. The standard InChI is InChI=1S/C13H27F3N4/c1-4-19(5-2)8-7-9-20(6-3)10-11(12(17)18)13(14,15)16/h11H,4-10H2,1-3H3,(H3,17,18). The van der Waals surface area contributed by atoms with Crippen LogP contribution in [0.5, 0.6) is 0 Å². The summed E-state index contributed by atoms with van der Waals surface area (Å²) in [4.78, 5) is 3.95. The fraction of sp³-hybridized carbons (Fsp3) is 0.923. The molecular formula is C13H27F3N4. The van der Waals surface area contributed by atoms with Crippen LogP contribution in [0.2, 0.25) is 0 Å². The highest BCUT2D eigenvalue weighted by Crippen LogP contribution is 2.26. The van der Waals surface area contributed by atoms with Crippen LogP contribution in [0.4, 0.5) is 13.2 Å². The Morgan fingerprint density at radius 1 is 1.05 bits per heavy atom. The van der Waals surface area contributed by atoms with Gasteiger partial charge in [-0.25, -0.2) is 0 Å². The molecule has 0 aromatic heterocycles. The van der Waals surface area contributed by atoms with Crippen LogP contribution in [0.15, 0.2) is 0 Å². The minimum absolute atomic E-state index is 0.229. The highest BCUT2D eigenvalue weighted by molar-refractivity contribution is 5.80. The third-order valence-corrected chi connectivity index (χ3v) is 3.50. The molecule has 0 heterocycles. The molecular weight excluding hydrogens is 269 g/mol. The minimum atomic E-state index is -4.45. The molecule has 0 spiro atoms. The topological polar surface area (TPSA) is 56.4 Å². The molecule has 20 heavy (non-hydrogen) atoms. The zero-order valence-corrected chi connectivity index (χ0v) is 12.6. The second-order valence-electron chi connectivity index (χ2n) is 4.82. The SMILES string of the molecule is CCN(CC)CCCN(CC)CC(C(=N)N)C(F)(F)F. The molecule has 0 aromatic carbocycles. The van der Waals surface area contributed by atoms with Crippen molar-refractivity contribution >= 4 is 5.84 Å². The molecule has 3 N–H and O–H groups in total. The van der Waals surface area contributed by atoms with Gasteiger partial charge in [0.1, 0.15) is 11.8 Å². The number of hydrogen-bond donors (Lipinski definition) is 2. The molecule has 0 radical (unpaired) electrons. The molecule has 4 nitrogen and oxygen atoms in total. The van der Waals surface area contributed by atoms with E-state index in [1.165, 1.54) is 0 Å². The second-order valence-corrected chi connectivity index (χ2v) is 4.82. The molecule has 120 valence electrons. The Morgan fingerprint density at radius 3 is 1.85 bits per heavy atom. The largest absolute Gasteiger partial charge is 0.399 e. The van der Waals surface area contributed by atoms with Gasteiger partial charge in [0, 0.05) is 6.54 Å². The van der Waals surface area contributed by atoms with E-state index in [9.17, 15) is 13.2 Å². The maximum atomic E-state index is 12.8. The van der Waals surface area contributed by atoms with E-state index in [0.29, 0.717) is 13.1 Å². The molecule has 0 aliphatic heterocycles. The first kappa shape index (κ1) is 19.2. The number of alkyl halides is 3. The van der Waals surface area contributed by atoms with E-state index in [-0.39, 0.29) is 6.54 Å². The van der Waals surface area contributed by atoms with Crippen LogP contribution in [0.1, 0.15) is 27.2 Å². The van der Waals surface area contributed by atoms with Gasteiger partial charge < -0.3 is 15.5 Å². The van der Waals surface area contributed by atoms with Gasteiger partial charge >= 0.3 is 6.18 Å². The normalized spacial score (nSPS) is 14.0. The maximum absolute atomic E-state index is 12.8. The molecule has 0 aromatic rings. The fourth-order valence-corrected chi connectivity index (χ4v) is 2.07. The molecule has 0 bridgehead atoms. The minimum Gasteiger partial charge on any atom is -0.387 e. The van der Waals surface area contributed by atoms with Gasteiger partial charge in [0.2, 0.25) is 0 Å². The smallest absolute Gasteiger partial charge is 0.387 e.